The number of fused-ring (bicyclic) bond motifs is 1. The van der Waals surface area contributed by atoms with Crippen molar-refractivity contribution in [2.24, 2.45) is 13.0 Å². The maximum Gasteiger partial charge on any atom is 0.270 e. The van der Waals surface area contributed by atoms with Gasteiger partial charge >= 0.3 is 0 Å². The first-order chi connectivity index (χ1) is 12.1. The Morgan fingerprint density at radius 3 is 2.80 bits per heavy atom. The minimum absolute atomic E-state index is 0.00324. The van der Waals surface area contributed by atoms with E-state index in [1.165, 1.54) is 0 Å². The number of aryl methyl sites for hydroxylation is 1. The van der Waals surface area contributed by atoms with Crippen molar-refractivity contribution in [2.75, 3.05) is 33.4 Å². The predicted molar refractivity (Wildman–Crippen MR) is 98.9 cm³/mol. The first kappa shape index (κ1) is 17.9. The lowest BCUT2D eigenvalue weighted by atomic mass is 9.95. The Labute approximate surface area is 151 Å². The zero-order valence-corrected chi connectivity index (χ0v) is 15.6. The highest BCUT2D eigenvalue weighted by Gasteiger charge is 2.29. The minimum Gasteiger partial charge on any atom is -0.385 e. The van der Waals surface area contributed by atoms with E-state index in [2.05, 4.69) is 5.32 Å². The molecule has 3 rings (SSSR count). The van der Waals surface area contributed by atoms with Gasteiger partial charge in [0.05, 0.1) is 10.2 Å². The minimum atomic E-state index is 0.00324. The topological polar surface area (TPSA) is 63.6 Å². The zero-order valence-electron chi connectivity index (χ0n) is 14.8. The highest BCUT2D eigenvalue weighted by atomic mass is 32.1. The number of hydrogen-bond acceptors (Lipinski definition) is 4. The van der Waals surface area contributed by atoms with Crippen LogP contribution in [0.2, 0.25) is 0 Å². The van der Waals surface area contributed by atoms with Crippen molar-refractivity contribution in [3.63, 3.8) is 0 Å². The molecular formula is C18H25N3O3S. The van der Waals surface area contributed by atoms with Gasteiger partial charge in [-0.15, -0.1) is 11.3 Å². The molecule has 0 spiro atoms. The van der Waals surface area contributed by atoms with Crippen LogP contribution < -0.4 is 5.32 Å². The second-order valence-electron chi connectivity index (χ2n) is 6.46. The van der Waals surface area contributed by atoms with E-state index >= 15 is 0 Å². The summed E-state index contributed by atoms with van der Waals surface area (Å²) in [6.45, 7) is 2.56. The molecule has 3 heterocycles. The number of likely N-dealkylation sites (tertiary alicyclic amines) is 1. The Balaban J connectivity index is 1.53. The monoisotopic (exact) mass is 363 g/mol. The molecule has 0 saturated carbocycles. The second-order valence-corrected chi connectivity index (χ2v) is 7.41. The fourth-order valence-electron chi connectivity index (χ4n) is 3.33. The van der Waals surface area contributed by atoms with Crippen LogP contribution in [0.5, 0.6) is 0 Å². The van der Waals surface area contributed by atoms with E-state index in [4.69, 9.17) is 4.74 Å². The van der Waals surface area contributed by atoms with Crippen LogP contribution in [-0.2, 0) is 16.6 Å². The van der Waals surface area contributed by atoms with Gasteiger partial charge in [0.15, 0.2) is 0 Å². The molecule has 25 heavy (non-hydrogen) atoms. The lowest BCUT2D eigenvalue weighted by molar-refractivity contribution is -0.126. The summed E-state index contributed by atoms with van der Waals surface area (Å²) in [4.78, 5) is 26.9. The molecule has 2 aromatic rings. The molecule has 136 valence electrons. The summed E-state index contributed by atoms with van der Waals surface area (Å²) in [7, 11) is 3.59. The average Bonchev–Trinajstić information content (AvgIpc) is 3.21. The third-order valence-electron chi connectivity index (χ3n) is 4.86. The van der Waals surface area contributed by atoms with E-state index in [0.717, 1.165) is 35.2 Å². The van der Waals surface area contributed by atoms with Crippen LogP contribution in [0.15, 0.2) is 17.5 Å². The molecule has 0 aliphatic carbocycles. The van der Waals surface area contributed by atoms with Crippen molar-refractivity contribution >= 4 is 33.4 Å². The van der Waals surface area contributed by atoms with Gasteiger partial charge in [-0.3, -0.25) is 9.59 Å². The largest absolute Gasteiger partial charge is 0.385 e. The van der Waals surface area contributed by atoms with Gasteiger partial charge in [0.1, 0.15) is 5.69 Å². The Bertz CT molecular complexity index is 744. The van der Waals surface area contributed by atoms with Gasteiger partial charge in [0.2, 0.25) is 5.91 Å². The maximum absolute atomic E-state index is 12.8. The second kappa shape index (κ2) is 8.01. The number of ether oxygens (including phenoxy) is 1. The number of carbonyl (C=O) groups excluding carboxylic acids is 2. The van der Waals surface area contributed by atoms with Crippen molar-refractivity contribution in [3.05, 3.63) is 23.2 Å². The molecule has 1 fully saturated rings. The van der Waals surface area contributed by atoms with E-state index in [0.29, 0.717) is 26.2 Å². The van der Waals surface area contributed by atoms with Crippen LogP contribution in [0.25, 0.3) is 10.2 Å². The molecule has 0 radical (unpaired) electrons. The SMILES string of the molecule is COCCCNC(=O)C1CCN(C(=O)c2cc3sccc3n2C)CC1. The molecule has 0 atom stereocenters. The van der Waals surface area contributed by atoms with Gasteiger partial charge in [-0.2, -0.15) is 0 Å². The first-order valence-corrected chi connectivity index (χ1v) is 9.58. The Morgan fingerprint density at radius 1 is 1.36 bits per heavy atom. The van der Waals surface area contributed by atoms with E-state index in [-0.39, 0.29) is 17.7 Å². The normalized spacial score (nSPS) is 15.7. The molecule has 0 unspecified atom stereocenters. The summed E-state index contributed by atoms with van der Waals surface area (Å²) in [5.41, 5.74) is 1.82. The molecule has 2 aromatic heterocycles. The molecule has 0 bridgehead atoms. The molecule has 0 aromatic carbocycles. The van der Waals surface area contributed by atoms with E-state index < -0.39 is 0 Å². The summed E-state index contributed by atoms with van der Waals surface area (Å²) < 4.78 is 8.08. The number of hydrogen-bond donors (Lipinski definition) is 1. The van der Waals surface area contributed by atoms with Gasteiger partial charge in [0.25, 0.3) is 5.91 Å². The average molecular weight is 363 g/mol. The van der Waals surface area contributed by atoms with Gasteiger partial charge in [-0.25, -0.2) is 0 Å². The summed E-state index contributed by atoms with van der Waals surface area (Å²) >= 11 is 1.65. The van der Waals surface area contributed by atoms with Crippen LogP contribution >= 0.6 is 11.3 Å². The number of thiophene rings is 1. The van der Waals surface area contributed by atoms with Crippen molar-refractivity contribution in [2.45, 2.75) is 19.3 Å². The number of nitrogens with one attached hydrogen (secondary N) is 1. The van der Waals surface area contributed by atoms with Crippen molar-refractivity contribution in [1.29, 1.82) is 0 Å². The van der Waals surface area contributed by atoms with Crippen molar-refractivity contribution in [1.82, 2.24) is 14.8 Å². The smallest absolute Gasteiger partial charge is 0.270 e. The number of carbonyl (C=O) groups is 2. The third-order valence-corrected chi connectivity index (χ3v) is 5.71. The molecule has 1 saturated heterocycles. The number of aromatic nitrogens is 1. The first-order valence-electron chi connectivity index (χ1n) is 8.70. The molecule has 1 N–H and O–H groups in total. The van der Waals surface area contributed by atoms with Crippen molar-refractivity contribution in [3.8, 4) is 0 Å². The summed E-state index contributed by atoms with van der Waals surface area (Å²) in [6, 6.07) is 4.01. The number of amides is 2. The summed E-state index contributed by atoms with van der Waals surface area (Å²) in [6.07, 6.45) is 2.27. The molecule has 1 aliphatic heterocycles. The van der Waals surface area contributed by atoms with E-state index in [1.54, 1.807) is 18.4 Å². The third kappa shape index (κ3) is 3.88. The number of nitrogens with zero attached hydrogens (tertiary/aromatic N) is 2. The van der Waals surface area contributed by atoms with E-state index in [1.807, 2.05) is 34.0 Å². The van der Waals surface area contributed by atoms with Gasteiger partial charge in [-0.1, -0.05) is 0 Å². The fraction of sp³-hybridized carbons (Fsp3) is 0.556. The molecule has 7 heteroatoms. The molecule has 6 nitrogen and oxygen atoms in total. The van der Waals surface area contributed by atoms with Crippen LogP contribution in [0, 0.1) is 5.92 Å². The summed E-state index contributed by atoms with van der Waals surface area (Å²) in [5, 5.41) is 5.00. The Kier molecular flexibility index (Phi) is 5.75. The maximum atomic E-state index is 12.8. The number of rotatable bonds is 6. The predicted octanol–water partition coefficient (Wildman–Crippen LogP) is 2.24. The highest BCUT2D eigenvalue weighted by Crippen LogP contribution is 2.26. The van der Waals surface area contributed by atoms with Gasteiger partial charge in [-0.05, 0) is 36.8 Å². The standard InChI is InChI=1S/C18H25N3O3S/c1-20-14-6-11-25-16(14)12-15(20)18(23)21-8-4-13(5-9-21)17(22)19-7-3-10-24-2/h6,11-13H,3-5,7-10H2,1-2H3,(H,19,22). The molecular weight excluding hydrogens is 338 g/mol. The quantitative estimate of drug-likeness (QED) is 0.801. The lowest BCUT2D eigenvalue weighted by Gasteiger charge is -2.31. The Morgan fingerprint density at radius 2 is 2.12 bits per heavy atom. The van der Waals surface area contributed by atoms with Crippen LogP contribution in [-0.4, -0.2) is 54.6 Å². The molecule has 1 aliphatic rings. The zero-order chi connectivity index (χ0) is 17.8. The fourth-order valence-corrected chi connectivity index (χ4v) is 4.18. The lowest BCUT2D eigenvalue weighted by Crippen LogP contribution is -2.43. The Hall–Kier alpha value is -1.86. The number of methoxy groups -OCH3 is 1. The van der Waals surface area contributed by atoms with Crippen LogP contribution in [0.4, 0.5) is 0 Å². The highest BCUT2D eigenvalue weighted by molar-refractivity contribution is 7.17. The van der Waals surface area contributed by atoms with Gasteiger partial charge < -0.3 is 19.5 Å². The van der Waals surface area contributed by atoms with E-state index in [9.17, 15) is 9.59 Å². The van der Waals surface area contributed by atoms with Crippen LogP contribution in [0.3, 0.4) is 0 Å². The van der Waals surface area contributed by atoms with Gasteiger partial charge in [0, 0.05) is 46.3 Å². The van der Waals surface area contributed by atoms with Crippen molar-refractivity contribution < 1.29 is 14.3 Å². The van der Waals surface area contributed by atoms with Crippen LogP contribution in [0.1, 0.15) is 29.8 Å². The molecule has 2 amide bonds. The summed E-state index contributed by atoms with van der Waals surface area (Å²) in [5.74, 6) is 0.163. The number of piperidine rings is 1.